The Morgan fingerprint density at radius 1 is 1.42 bits per heavy atom. The van der Waals surface area contributed by atoms with E-state index < -0.39 is 5.97 Å². The number of rotatable bonds is 4. The zero-order valence-corrected chi connectivity index (χ0v) is 13.9. The number of aromatic carboxylic acids is 1. The summed E-state index contributed by atoms with van der Waals surface area (Å²) in [6.07, 6.45) is 1.92. The fourth-order valence-electron chi connectivity index (χ4n) is 3.19. The van der Waals surface area contributed by atoms with E-state index in [4.69, 9.17) is 4.74 Å². The van der Waals surface area contributed by atoms with Gasteiger partial charge in [0, 0.05) is 30.3 Å². The van der Waals surface area contributed by atoms with Crippen molar-refractivity contribution >= 4 is 17.6 Å². The molecule has 1 aliphatic heterocycles. The minimum absolute atomic E-state index is 0.0481. The van der Waals surface area contributed by atoms with Crippen LogP contribution in [-0.4, -0.2) is 28.7 Å². The number of hydrogen-bond acceptors (Lipinski definition) is 3. The third-order valence-electron chi connectivity index (χ3n) is 4.43. The standard InChI is InChI=1S/C18H20N2O4/c1-10(2)13-8-15(21)19-16-14(18(22)23)9-20(17(13)16)11-5-4-6-12(7-11)24-3/h4-7,9-10,13H,8H2,1-3H3,(H,19,21)(H,22,23)/t13-/m1/s1. The molecule has 0 saturated carbocycles. The molecule has 126 valence electrons. The van der Waals surface area contributed by atoms with Crippen LogP contribution < -0.4 is 10.1 Å². The quantitative estimate of drug-likeness (QED) is 0.902. The average Bonchev–Trinajstić information content (AvgIpc) is 2.93. The molecule has 1 aliphatic rings. The topological polar surface area (TPSA) is 80.6 Å². The van der Waals surface area contributed by atoms with Crippen LogP contribution in [0.4, 0.5) is 5.69 Å². The molecule has 24 heavy (non-hydrogen) atoms. The highest BCUT2D eigenvalue weighted by molar-refractivity contribution is 6.03. The van der Waals surface area contributed by atoms with Crippen molar-refractivity contribution in [1.82, 2.24) is 4.57 Å². The number of carbonyl (C=O) groups is 2. The Morgan fingerprint density at radius 3 is 2.79 bits per heavy atom. The lowest BCUT2D eigenvalue weighted by molar-refractivity contribution is -0.117. The van der Waals surface area contributed by atoms with Crippen LogP contribution in [0.25, 0.3) is 5.69 Å². The Morgan fingerprint density at radius 2 is 2.17 bits per heavy atom. The SMILES string of the molecule is COc1cccc(-n2cc(C(=O)O)c3c2[C@@H](C(C)C)CC(=O)N3)c1. The van der Waals surface area contributed by atoms with E-state index >= 15 is 0 Å². The van der Waals surface area contributed by atoms with Crippen molar-refractivity contribution in [3.05, 3.63) is 41.7 Å². The molecule has 0 spiro atoms. The lowest BCUT2D eigenvalue weighted by Gasteiger charge is -2.28. The molecule has 1 amide bonds. The van der Waals surface area contributed by atoms with Crippen molar-refractivity contribution in [2.75, 3.05) is 12.4 Å². The Hall–Kier alpha value is -2.76. The number of hydrogen-bond donors (Lipinski definition) is 2. The smallest absolute Gasteiger partial charge is 0.339 e. The number of nitrogens with zero attached hydrogens (tertiary/aromatic N) is 1. The first-order valence-corrected chi connectivity index (χ1v) is 7.85. The monoisotopic (exact) mass is 328 g/mol. The van der Waals surface area contributed by atoms with Gasteiger partial charge in [0.15, 0.2) is 0 Å². The molecule has 1 aromatic heterocycles. The second kappa shape index (κ2) is 6.03. The summed E-state index contributed by atoms with van der Waals surface area (Å²) in [4.78, 5) is 23.7. The molecule has 2 heterocycles. The number of benzene rings is 1. The average molecular weight is 328 g/mol. The Kier molecular flexibility index (Phi) is 4.05. The molecule has 2 aromatic rings. The lowest BCUT2D eigenvalue weighted by atomic mass is 9.85. The number of methoxy groups -OCH3 is 1. The summed E-state index contributed by atoms with van der Waals surface area (Å²) in [5.74, 6) is -0.360. The maximum Gasteiger partial charge on any atom is 0.339 e. The van der Waals surface area contributed by atoms with Gasteiger partial charge in [0.2, 0.25) is 5.91 Å². The van der Waals surface area contributed by atoms with Gasteiger partial charge >= 0.3 is 5.97 Å². The van der Waals surface area contributed by atoms with E-state index in [1.54, 1.807) is 13.3 Å². The van der Waals surface area contributed by atoms with E-state index in [-0.39, 0.29) is 23.3 Å². The van der Waals surface area contributed by atoms with Crippen molar-refractivity contribution in [3.63, 3.8) is 0 Å². The molecule has 1 aromatic carbocycles. The van der Waals surface area contributed by atoms with Gasteiger partial charge in [-0.05, 0) is 18.1 Å². The number of ether oxygens (including phenoxy) is 1. The number of carbonyl (C=O) groups excluding carboxylic acids is 1. The van der Waals surface area contributed by atoms with E-state index in [9.17, 15) is 14.7 Å². The van der Waals surface area contributed by atoms with Gasteiger partial charge in [-0.1, -0.05) is 19.9 Å². The van der Waals surface area contributed by atoms with E-state index in [1.807, 2.05) is 42.7 Å². The molecule has 0 radical (unpaired) electrons. The summed E-state index contributed by atoms with van der Waals surface area (Å²) in [6, 6.07) is 7.42. The van der Waals surface area contributed by atoms with Crippen LogP contribution in [0.1, 0.15) is 42.2 Å². The second-order valence-corrected chi connectivity index (χ2v) is 6.28. The van der Waals surface area contributed by atoms with Crippen molar-refractivity contribution < 1.29 is 19.4 Å². The van der Waals surface area contributed by atoms with Crippen LogP contribution in [0, 0.1) is 5.92 Å². The summed E-state index contributed by atoms with van der Waals surface area (Å²) in [6.45, 7) is 4.08. The first kappa shape index (κ1) is 16.1. The largest absolute Gasteiger partial charge is 0.497 e. The number of anilines is 1. The Balaban J connectivity index is 2.25. The van der Waals surface area contributed by atoms with Gasteiger partial charge in [0.25, 0.3) is 0 Å². The molecule has 0 fully saturated rings. The number of amides is 1. The van der Waals surface area contributed by atoms with Crippen LogP contribution in [0.2, 0.25) is 0 Å². The lowest BCUT2D eigenvalue weighted by Crippen LogP contribution is -2.27. The Labute approximate surface area is 140 Å². The summed E-state index contributed by atoms with van der Waals surface area (Å²) in [5.41, 5.74) is 2.14. The minimum atomic E-state index is -1.06. The van der Waals surface area contributed by atoms with Crippen LogP contribution in [0.3, 0.4) is 0 Å². The van der Waals surface area contributed by atoms with Gasteiger partial charge in [0.05, 0.1) is 18.5 Å². The van der Waals surface area contributed by atoms with Gasteiger partial charge in [0.1, 0.15) is 11.3 Å². The van der Waals surface area contributed by atoms with Crippen LogP contribution in [-0.2, 0) is 4.79 Å². The van der Waals surface area contributed by atoms with Crippen molar-refractivity contribution in [2.45, 2.75) is 26.2 Å². The summed E-state index contributed by atoms with van der Waals surface area (Å²) >= 11 is 0. The van der Waals surface area contributed by atoms with Gasteiger partial charge in [-0.2, -0.15) is 0 Å². The van der Waals surface area contributed by atoms with E-state index in [0.29, 0.717) is 17.9 Å². The first-order valence-electron chi connectivity index (χ1n) is 7.85. The van der Waals surface area contributed by atoms with Gasteiger partial charge in [-0.3, -0.25) is 4.79 Å². The molecule has 6 heteroatoms. The molecule has 2 N–H and O–H groups in total. The molecular weight excluding hydrogens is 308 g/mol. The molecule has 1 atom stereocenters. The molecular formula is C18H20N2O4. The van der Waals surface area contributed by atoms with Crippen LogP contribution in [0.15, 0.2) is 30.5 Å². The van der Waals surface area contributed by atoms with Gasteiger partial charge in [-0.25, -0.2) is 4.79 Å². The predicted molar refractivity (Wildman–Crippen MR) is 90.1 cm³/mol. The van der Waals surface area contributed by atoms with Crippen molar-refractivity contribution in [2.24, 2.45) is 5.92 Å². The summed E-state index contributed by atoms with van der Waals surface area (Å²) in [7, 11) is 1.59. The number of fused-ring (bicyclic) bond motifs is 1. The third kappa shape index (κ3) is 2.64. The van der Waals surface area contributed by atoms with E-state index in [1.165, 1.54) is 0 Å². The second-order valence-electron chi connectivity index (χ2n) is 6.28. The summed E-state index contributed by atoms with van der Waals surface area (Å²) in [5, 5.41) is 12.3. The van der Waals surface area contributed by atoms with Crippen molar-refractivity contribution in [1.29, 1.82) is 0 Å². The number of carboxylic acids is 1. The maximum atomic E-state index is 12.0. The molecule has 3 rings (SSSR count). The number of nitrogens with one attached hydrogen (secondary N) is 1. The van der Waals surface area contributed by atoms with E-state index in [2.05, 4.69) is 5.32 Å². The zero-order chi connectivity index (χ0) is 17.4. The molecule has 0 bridgehead atoms. The molecule has 6 nitrogen and oxygen atoms in total. The minimum Gasteiger partial charge on any atom is -0.497 e. The molecule has 0 unspecified atom stereocenters. The number of carboxylic acid groups (broad SMARTS) is 1. The highest BCUT2D eigenvalue weighted by Gasteiger charge is 2.34. The fraction of sp³-hybridized carbons (Fsp3) is 0.333. The molecule has 0 aliphatic carbocycles. The Bertz CT molecular complexity index is 807. The van der Waals surface area contributed by atoms with Crippen molar-refractivity contribution in [3.8, 4) is 11.4 Å². The first-order chi connectivity index (χ1) is 11.4. The number of aromatic nitrogens is 1. The summed E-state index contributed by atoms with van der Waals surface area (Å²) < 4.78 is 7.12. The highest BCUT2D eigenvalue weighted by atomic mass is 16.5. The predicted octanol–water partition coefficient (Wildman–Crippen LogP) is 3.27. The van der Waals surface area contributed by atoms with Gasteiger partial charge in [-0.15, -0.1) is 0 Å². The van der Waals surface area contributed by atoms with E-state index in [0.717, 1.165) is 11.4 Å². The zero-order valence-electron chi connectivity index (χ0n) is 13.9. The third-order valence-corrected chi connectivity index (χ3v) is 4.43. The van der Waals surface area contributed by atoms with Gasteiger partial charge < -0.3 is 19.7 Å². The maximum absolute atomic E-state index is 12.0. The fourth-order valence-corrected chi connectivity index (χ4v) is 3.19. The van der Waals surface area contributed by atoms with Crippen LogP contribution >= 0.6 is 0 Å². The highest BCUT2D eigenvalue weighted by Crippen LogP contribution is 2.41. The normalized spacial score (nSPS) is 16.7. The molecule has 0 saturated heterocycles. The van der Waals surface area contributed by atoms with Crippen LogP contribution in [0.5, 0.6) is 5.75 Å².